The predicted octanol–water partition coefficient (Wildman–Crippen LogP) is 3.42. The van der Waals surface area contributed by atoms with Crippen LogP contribution in [0.5, 0.6) is 0 Å². The molecular weight excluding hydrogens is 426 g/mol. The number of nitrogens with one attached hydrogen (secondary N) is 2. The van der Waals surface area contributed by atoms with Crippen LogP contribution >= 0.6 is 23.1 Å². The van der Waals surface area contributed by atoms with E-state index in [1.54, 1.807) is 0 Å². The Labute approximate surface area is 180 Å². The van der Waals surface area contributed by atoms with Crippen molar-refractivity contribution in [3.63, 3.8) is 0 Å². The molecule has 0 saturated heterocycles. The Morgan fingerprint density at radius 2 is 1.90 bits per heavy atom. The zero-order valence-electron chi connectivity index (χ0n) is 15.8. The van der Waals surface area contributed by atoms with Crippen molar-refractivity contribution in [2.45, 2.75) is 17.8 Å². The van der Waals surface area contributed by atoms with Crippen LogP contribution in [0.15, 0.2) is 52.9 Å². The minimum Gasteiger partial charge on any atom is -0.351 e. The summed E-state index contributed by atoms with van der Waals surface area (Å²) in [7, 11) is 0. The summed E-state index contributed by atoms with van der Waals surface area (Å²) in [6.07, 6.45) is 0. The Balaban J connectivity index is 1.52. The summed E-state index contributed by atoms with van der Waals surface area (Å²) < 4.78 is 0.524. The molecule has 9 nitrogen and oxygen atoms in total. The molecule has 3 aromatic rings. The van der Waals surface area contributed by atoms with E-state index < -0.39 is 10.8 Å². The number of carbonyl (C=O) groups is 2. The molecule has 11 heteroatoms. The number of rotatable bonds is 8. The van der Waals surface area contributed by atoms with E-state index in [1.807, 2.05) is 30.3 Å². The summed E-state index contributed by atoms with van der Waals surface area (Å²) in [6.45, 7) is 1.96. The molecule has 3 rings (SSSR count). The molecule has 0 radical (unpaired) electrons. The van der Waals surface area contributed by atoms with Gasteiger partial charge in [-0.2, -0.15) is 0 Å². The van der Waals surface area contributed by atoms with E-state index in [9.17, 15) is 19.7 Å². The number of amides is 2. The van der Waals surface area contributed by atoms with Crippen LogP contribution in [0.1, 0.15) is 21.5 Å². The van der Waals surface area contributed by atoms with Gasteiger partial charge in [-0.15, -0.1) is 10.2 Å². The van der Waals surface area contributed by atoms with Crippen LogP contribution in [0.2, 0.25) is 0 Å². The molecule has 0 unspecified atom stereocenters. The van der Waals surface area contributed by atoms with Crippen molar-refractivity contribution in [3.8, 4) is 0 Å². The maximum Gasteiger partial charge on any atom is 0.273 e. The van der Waals surface area contributed by atoms with E-state index in [2.05, 4.69) is 20.8 Å². The van der Waals surface area contributed by atoms with Gasteiger partial charge in [0.15, 0.2) is 4.34 Å². The molecule has 0 atom stereocenters. The Bertz CT molecular complexity index is 1070. The lowest BCUT2D eigenvalue weighted by molar-refractivity contribution is -0.385. The standard InChI is InChI=1S/C19H17N5O4S2/c1-12-14(8-5-9-15(12)24(27)28)17(26)21-18-22-23-19(30-18)29-11-16(25)20-10-13-6-3-2-4-7-13/h2-9H,10-11H2,1H3,(H,20,25)(H,21,22,26). The molecular formula is C19H17N5O4S2. The van der Waals surface area contributed by atoms with Gasteiger partial charge in [-0.3, -0.25) is 25.0 Å². The van der Waals surface area contributed by atoms with Crippen molar-refractivity contribution in [2.75, 3.05) is 11.1 Å². The third-order valence-corrected chi connectivity index (χ3v) is 6.00. The minimum atomic E-state index is -0.533. The number of benzene rings is 2. The fourth-order valence-corrected chi connectivity index (χ4v) is 4.10. The third kappa shape index (κ3) is 5.61. The van der Waals surface area contributed by atoms with Crippen molar-refractivity contribution in [3.05, 3.63) is 75.3 Å². The first kappa shape index (κ1) is 21.4. The maximum absolute atomic E-state index is 12.4. The maximum atomic E-state index is 12.4. The molecule has 1 aromatic heterocycles. The second kappa shape index (κ2) is 9.94. The number of aromatic nitrogens is 2. The predicted molar refractivity (Wildman–Crippen MR) is 115 cm³/mol. The van der Waals surface area contributed by atoms with E-state index in [-0.39, 0.29) is 33.6 Å². The Hall–Kier alpha value is -3.31. The first-order valence-electron chi connectivity index (χ1n) is 8.76. The molecule has 154 valence electrons. The van der Waals surface area contributed by atoms with Gasteiger partial charge in [0.2, 0.25) is 11.0 Å². The van der Waals surface area contributed by atoms with Crippen LogP contribution in [-0.2, 0) is 11.3 Å². The average Bonchev–Trinajstić information content (AvgIpc) is 3.18. The molecule has 0 aliphatic carbocycles. The van der Waals surface area contributed by atoms with Gasteiger partial charge >= 0.3 is 0 Å². The highest BCUT2D eigenvalue weighted by Crippen LogP contribution is 2.27. The van der Waals surface area contributed by atoms with E-state index in [1.165, 1.54) is 36.9 Å². The molecule has 2 N–H and O–H groups in total. The quantitative estimate of drug-likeness (QED) is 0.236. The van der Waals surface area contributed by atoms with E-state index in [4.69, 9.17) is 0 Å². The number of hydrogen-bond donors (Lipinski definition) is 2. The molecule has 30 heavy (non-hydrogen) atoms. The number of carbonyl (C=O) groups excluding carboxylic acids is 2. The van der Waals surface area contributed by atoms with Crippen LogP contribution in [0, 0.1) is 17.0 Å². The van der Waals surface area contributed by atoms with Crippen LogP contribution in [0.3, 0.4) is 0 Å². The fourth-order valence-electron chi connectivity index (χ4n) is 2.53. The van der Waals surface area contributed by atoms with Crippen molar-refractivity contribution >= 4 is 45.7 Å². The van der Waals surface area contributed by atoms with Crippen molar-refractivity contribution in [1.82, 2.24) is 15.5 Å². The van der Waals surface area contributed by atoms with Gasteiger partial charge in [-0.1, -0.05) is 59.5 Å². The molecule has 2 aromatic carbocycles. The highest BCUT2D eigenvalue weighted by atomic mass is 32.2. The number of hydrogen-bond acceptors (Lipinski definition) is 8. The van der Waals surface area contributed by atoms with Gasteiger partial charge in [-0.25, -0.2) is 0 Å². The number of nitro groups is 1. The van der Waals surface area contributed by atoms with Crippen LogP contribution in [0.4, 0.5) is 10.8 Å². The summed E-state index contributed by atoms with van der Waals surface area (Å²) in [5.41, 5.74) is 1.34. The molecule has 1 heterocycles. The summed E-state index contributed by atoms with van der Waals surface area (Å²) in [5.74, 6) is -0.485. The zero-order valence-corrected chi connectivity index (χ0v) is 17.5. The fraction of sp³-hybridized carbons (Fsp3) is 0.158. The lowest BCUT2D eigenvalue weighted by Gasteiger charge is -2.05. The van der Waals surface area contributed by atoms with Gasteiger partial charge in [0.1, 0.15) is 0 Å². The smallest absolute Gasteiger partial charge is 0.273 e. The van der Waals surface area contributed by atoms with Crippen LogP contribution in [0.25, 0.3) is 0 Å². The lowest BCUT2D eigenvalue weighted by Crippen LogP contribution is -2.24. The molecule has 0 saturated carbocycles. The number of anilines is 1. The van der Waals surface area contributed by atoms with Crippen molar-refractivity contribution < 1.29 is 14.5 Å². The highest BCUT2D eigenvalue weighted by molar-refractivity contribution is 8.01. The number of nitrogens with zero attached hydrogens (tertiary/aromatic N) is 3. The third-order valence-electron chi connectivity index (χ3n) is 4.03. The highest BCUT2D eigenvalue weighted by Gasteiger charge is 2.19. The minimum absolute atomic E-state index is 0.127. The first-order valence-corrected chi connectivity index (χ1v) is 10.6. The SMILES string of the molecule is Cc1c(C(=O)Nc2nnc(SCC(=O)NCc3ccccc3)s2)cccc1[N+](=O)[O-]. The molecule has 0 aliphatic rings. The van der Waals surface area contributed by atoms with E-state index in [0.717, 1.165) is 16.9 Å². The normalized spacial score (nSPS) is 10.4. The van der Waals surface area contributed by atoms with Gasteiger partial charge in [0.25, 0.3) is 11.6 Å². The second-order valence-electron chi connectivity index (χ2n) is 6.09. The van der Waals surface area contributed by atoms with Crippen LogP contribution in [-0.4, -0.2) is 32.7 Å². The van der Waals surface area contributed by atoms with Crippen molar-refractivity contribution in [1.29, 1.82) is 0 Å². The molecule has 0 aliphatic heterocycles. The Morgan fingerprint density at radius 1 is 1.13 bits per heavy atom. The Morgan fingerprint density at radius 3 is 2.63 bits per heavy atom. The van der Waals surface area contributed by atoms with E-state index >= 15 is 0 Å². The number of thioether (sulfide) groups is 1. The first-order chi connectivity index (χ1) is 14.4. The van der Waals surface area contributed by atoms with Crippen molar-refractivity contribution in [2.24, 2.45) is 0 Å². The van der Waals surface area contributed by atoms with Gasteiger partial charge in [0.05, 0.1) is 10.7 Å². The number of nitro benzene ring substituents is 1. The monoisotopic (exact) mass is 443 g/mol. The molecule has 2 amide bonds. The van der Waals surface area contributed by atoms with Gasteiger partial charge in [-0.05, 0) is 18.6 Å². The van der Waals surface area contributed by atoms with E-state index in [0.29, 0.717) is 10.9 Å². The van der Waals surface area contributed by atoms with Gasteiger partial charge < -0.3 is 5.32 Å². The summed E-state index contributed by atoms with van der Waals surface area (Å²) in [6, 6.07) is 13.9. The van der Waals surface area contributed by atoms with Gasteiger partial charge in [0, 0.05) is 23.7 Å². The average molecular weight is 444 g/mol. The summed E-state index contributed by atoms with van der Waals surface area (Å²) in [5, 5.41) is 24.5. The summed E-state index contributed by atoms with van der Waals surface area (Å²) in [4.78, 5) is 34.9. The zero-order chi connectivity index (χ0) is 21.5. The largest absolute Gasteiger partial charge is 0.351 e. The molecule has 0 bridgehead atoms. The lowest BCUT2D eigenvalue weighted by atomic mass is 10.1. The topological polar surface area (TPSA) is 127 Å². The van der Waals surface area contributed by atoms with Crippen LogP contribution < -0.4 is 10.6 Å². The Kier molecular flexibility index (Phi) is 7.09. The molecule has 0 fully saturated rings. The molecule has 0 spiro atoms. The summed E-state index contributed by atoms with van der Waals surface area (Å²) >= 11 is 2.33. The second-order valence-corrected chi connectivity index (χ2v) is 8.29.